The van der Waals surface area contributed by atoms with Crippen molar-refractivity contribution in [1.82, 2.24) is 5.32 Å². The summed E-state index contributed by atoms with van der Waals surface area (Å²) in [5.74, 6) is 3.61. The lowest BCUT2D eigenvalue weighted by Crippen LogP contribution is -2.19. The lowest BCUT2D eigenvalue weighted by atomic mass is 10.1. The van der Waals surface area contributed by atoms with E-state index in [9.17, 15) is 0 Å². The fourth-order valence-corrected chi connectivity index (χ4v) is 2.11. The van der Waals surface area contributed by atoms with Crippen molar-refractivity contribution in [3.63, 3.8) is 0 Å². The van der Waals surface area contributed by atoms with Crippen molar-refractivity contribution in [1.29, 1.82) is 0 Å². The van der Waals surface area contributed by atoms with E-state index in [1.165, 1.54) is 0 Å². The summed E-state index contributed by atoms with van der Waals surface area (Å²) in [5, 5.41) is 4.40. The highest BCUT2D eigenvalue weighted by Crippen LogP contribution is 2.32. The summed E-state index contributed by atoms with van der Waals surface area (Å²) in [7, 11) is 0. The Balaban J connectivity index is 2.82. The maximum absolute atomic E-state index is 6.11. The van der Waals surface area contributed by atoms with Crippen LogP contribution in [0.5, 0.6) is 5.75 Å². The average Bonchev–Trinajstić information content (AvgIpc) is 2.27. The van der Waals surface area contributed by atoms with Crippen molar-refractivity contribution in [2.75, 3.05) is 13.2 Å². The molecule has 4 heteroatoms. The van der Waals surface area contributed by atoms with Gasteiger partial charge in [0.15, 0.2) is 0 Å². The van der Waals surface area contributed by atoms with Crippen molar-refractivity contribution < 1.29 is 4.74 Å². The van der Waals surface area contributed by atoms with Gasteiger partial charge in [0.1, 0.15) is 12.4 Å². The molecule has 0 saturated heterocycles. The first kappa shape index (κ1) is 15.2. The van der Waals surface area contributed by atoms with E-state index in [-0.39, 0.29) is 6.61 Å². The first-order chi connectivity index (χ1) is 8.54. The molecule has 0 aromatic heterocycles. The van der Waals surface area contributed by atoms with E-state index in [4.69, 9.17) is 34.4 Å². The van der Waals surface area contributed by atoms with E-state index in [1.54, 1.807) is 6.07 Å². The number of rotatable bonds is 6. The van der Waals surface area contributed by atoms with Crippen LogP contribution in [0.1, 0.15) is 19.4 Å². The first-order valence-corrected chi connectivity index (χ1v) is 6.55. The van der Waals surface area contributed by atoms with Gasteiger partial charge in [0.2, 0.25) is 0 Å². The highest BCUT2D eigenvalue weighted by Gasteiger charge is 2.10. The van der Waals surface area contributed by atoms with Gasteiger partial charge >= 0.3 is 0 Å². The second kappa shape index (κ2) is 7.53. The summed E-state index contributed by atoms with van der Waals surface area (Å²) < 4.78 is 5.46. The molecule has 0 fully saturated rings. The van der Waals surface area contributed by atoms with Crippen LogP contribution in [0.3, 0.4) is 0 Å². The van der Waals surface area contributed by atoms with Crippen LogP contribution in [0.15, 0.2) is 12.1 Å². The molecule has 2 nitrogen and oxygen atoms in total. The maximum Gasteiger partial charge on any atom is 0.148 e. The van der Waals surface area contributed by atoms with E-state index >= 15 is 0 Å². The Kier molecular flexibility index (Phi) is 6.35. The number of hydrogen-bond acceptors (Lipinski definition) is 2. The standard InChI is InChI=1S/C14H17Cl2NO/c1-4-5-18-14-11(9-17-8-10(2)3)6-12(15)7-13(14)16/h1,6-7,10,17H,5,8-9H2,2-3H3. The second-order valence-electron chi connectivity index (χ2n) is 4.39. The van der Waals surface area contributed by atoms with Crippen molar-refractivity contribution in [3.05, 3.63) is 27.7 Å². The molecule has 0 saturated carbocycles. The van der Waals surface area contributed by atoms with E-state index in [0.717, 1.165) is 12.1 Å². The van der Waals surface area contributed by atoms with Crippen LogP contribution in [0, 0.1) is 18.3 Å². The monoisotopic (exact) mass is 285 g/mol. The molecule has 1 N–H and O–H groups in total. The van der Waals surface area contributed by atoms with Crippen LogP contribution in [0.25, 0.3) is 0 Å². The third-order valence-electron chi connectivity index (χ3n) is 2.25. The quantitative estimate of drug-likeness (QED) is 0.804. The number of benzene rings is 1. The molecular formula is C14H17Cl2NO. The van der Waals surface area contributed by atoms with Gasteiger partial charge in [-0.25, -0.2) is 0 Å². The molecule has 1 aromatic carbocycles. The average molecular weight is 286 g/mol. The molecule has 1 aromatic rings. The topological polar surface area (TPSA) is 21.3 Å². The number of halogens is 2. The Bertz CT molecular complexity index is 438. The van der Waals surface area contributed by atoms with Crippen molar-refractivity contribution in [2.45, 2.75) is 20.4 Å². The largest absolute Gasteiger partial charge is 0.479 e. The van der Waals surface area contributed by atoms with Crippen LogP contribution in [-0.4, -0.2) is 13.2 Å². The molecule has 0 radical (unpaired) electrons. The van der Waals surface area contributed by atoms with Gasteiger partial charge in [-0.15, -0.1) is 6.42 Å². The van der Waals surface area contributed by atoms with Gasteiger partial charge in [0.05, 0.1) is 5.02 Å². The summed E-state index contributed by atoms with van der Waals surface area (Å²) in [5.41, 5.74) is 0.920. The van der Waals surface area contributed by atoms with Crippen molar-refractivity contribution in [2.24, 2.45) is 5.92 Å². The smallest absolute Gasteiger partial charge is 0.148 e. The Hall–Kier alpha value is -0.880. The Morgan fingerprint density at radius 3 is 2.72 bits per heavy atom. The zero-order chi connectivity index (χ0) is 13.5. The summed E-state index contributed by atoms with van der Waals surface area (Å²) in [6.45, 7) is 6.05. The number of ether oxygens (including phenoxy) is 1. The van der Waals surface area contributed by atoms with E-state index in [0.29, 0.717) is 28.3 Å². The number of hydrogen-bond donors (Lipinski definition) is 1. The molecular weight excluding hydrogens is 269 g/mol. The van der Waals surface area contributed by atoms with Gasteiger partial charge in [0, 0.05) is 17.1 Å². The third kappa shape index (κ3) is 4.78. The normalized spacial score (nSPS) is 10.4. The molecule has 0 aliphatic rings. The highest BCUT2D eigenvalue weighted by atomic mass is 35.5. The molecule has 0 bridgehead atoms. The zero-order valence-electron chi connectivity index (χ0n) is 10.6. The first-order valence-electron chi connectivity index (χ1n) is 5.79. The molecule has 0 heterocycles. The van der Waals surface area contributed by atoms with Crippen LogP contribution in [-0.2, 0) is 6.54 Å². The predicted molar refractivity (Wildman–Crippen MR) is 77.3 cm³/mol. The fourth-order valence-electron chi connectivity index (χ4n) is 1.52. The minimum absolute atomic E-state index is 0.193. The number of terminal acetylenes is 1. The molecule has 18 heavy (non-hydrogen) atoms. The molecule has 0 spiro atoms. The van der Waals surface area contributed by atoms with Crippen molar-refractivity contribution in [3.8, 4) is 18.1 Å². The minimum atomic E-state index is 0.193. The Labute approximate surface area is 119 Å². The molecule has 98 valence electrons. The molecule has 0 atom stereocenters. The summed E-state index contributed by atoms with van der Waals surface area (Å²) in [4.78, 5) is 0. The summed E-state index contributed by atoms with van der Waals surface area (Å²) >= 11 is 12.1. The van der Waals surface area contributed by atoms with Gasteiger partial charge in [0.25, 0.3) is 0 Å². The summed E-state index contributed by atoms with van der Waals surface area (Å²) in [6.07, 6.45) is 5.19. The van der Waals surface area contributed by atoms with Crippen LogP contribution < -0.4 is 10.1 Å². The molecule has 0 amide bonds. The fraction of sp³-hybridized carbons (Fsp3) is 0.429. The molecule has 0 aliphatic carbocycles. The zero-order valence-corrected chi connectivity index (χ0v) is 12.1. The van der Waals surface area contributed by atoms with Gasteiger partial charge in [-0.2, -0.15) is 0 Å². The van der Waals surface area contributed by atoms with E-state index < -0.39 is 0 Å². The molecule has 1 rings (SSSR count). The minimum Gasteiger partial charge on any atom is -0.479 e. The lowest BCUT2D eigenvalue weighted by molar-refractivity contribution is 0.364. The van der Waals surface area contributed by atoms with Crippen LogP contribution in [0.2, 0.25) is 10.0 Å². The van der Waals surface area contributed by atoms with Gasteiger partial charge in [-0.1, -0.05) is 43.0 Å². The van der Waals surface area contributed by atoms with Gasteiger partial charge in [-0.3, -0.25) is 0 Å². The van der Waals surface area contributed by atoms with E-state index in [2.05, 4.69) is 25.1 Å². The summed E-state index contributed by atoms with van der Waals surface area (Å²) in [6, 6.07) is 3.49. The van der Waals surface area contributed by atoms with Crippen molar-refractivity contribution >= 4 is 23.2 Å². The molecule has 0 unspecified atom stereocenters. The number of nitrogens with one attached hydrogen (secondary N) is 1. The second-order valence-corrected chi connectivity index (χ2v) is 5.24. The third-order valence-corrected chi connectivity index (χ3v) is 2.75. The van der Waals surface area contributed by atoms with Gasteiger partial charge in [-0.05, 0) is 24.6 Å². The highest BCUT2D eigenvalue weighted by molar-refractivity contribution is 6.35. The predicted octanol–water partition coefficient (Wildman–Crippen LogP) is 3.75. The van der Waals surface area contributed by atoms with E-state index in [1.807, 2.05) is 6.07 Å². The van der Waals surface area contributed by atoms with Crippen LogP contribution in [0.4, 0.5) is 0 Å². The SMILES string of the molecule is C#CCOc1c(Cl)cc(Cl)cc1CNCC(C)C. The van der Waals surface area contributed by atoms with Crippen LogP contribution >= 0.6 is 23.2 Å². The Morgan fingerprint density at radius 1 is 1.39 bits per heavy atom. The van der Waals surface area contributed by atoms with Gasteiger partial charge < -0.3 is 10.1 Å². The maximum atomic E-state index is 6.11. The lowest BCUT2D eigenvalue weighted by Gasteiger charge is -2.14. The molecule has 0 aliphatic heterocycles. The Morgan fingerprint density at radius 2 is 2.11 bits per heavy atom.